The molecular weight excluding hydrogens is 357 g/mol. The second kappa shape index (κ2) is 10.5. The topological polar surface area (TPSA) is 0 Å². The molecule has 0 nitrogen and oxygen atoms in total. The molecule has 0 radical (unpaired) electrons. The van der Waals surface area contributed by atoms with Gasteiger partial charge < -0.3 is 0 Å². The molecule has 2 aliphatic carbocycles. The lowest BCUT2D eigenvalue weighted by atomic mass is 9.68. The molecule has 0 saturated heterocycles. The van der Waals surface area contributed by atoms with Gasteiger partial charge >= 0.3 is 0 Å². The van der Waals surface area contributed by atoms with Crippen LogP contribution in [0.2, 0.25) is 0 Å². The van der Waals surface area contributed by atoms with Gasteiger partial charge in [0, 0.05) is 0 Å². The predicted molar refractivity (Wildman–Crippen MR) is 110 cm³/mol. The average Bonchev–Trinajstić information content (AvgIpc) is 2.72. The highest BCUT2D eigenvalue weighted by Gasteiger charge is 2.30. The SMILES string of the molecule is Cc1ccc(F)c(F)c1CCC1CCC([C@H]2CC[C@H](/C=C/CCF)CC2)CC1. The molecule has 3 rings (SSSR count). The van der Waals surface area contributed by atoms with E-state index < -0.39 is 11.6 Å². The molecule has 2 aliphatic rings. The predicted octanol–water partition coefficient (Wildman–Crippen LogP) is 7.73. The Kier molecular flexibility index (Phi) is 8.05. The molecule has 0 heterocycles. The van der Waals surface area contributed by atoms with E-state index in [9.17, 15) is 13.2 Å². The number of hydrogen-bond donors (Lipinski definition) is 0. The number of rotatable bonds is 7. The number of aryl methyl sites for hydroxylation is 1. The van der Waals surface area contributed by atoms with Crippen LogP contribution < -0.4 is 0 Å². The van der Waals surface area contributed by atoms with Crippen LogP contribution in [0.3, 0.4) is 0 Å². The molecule has 3 heteroatoms. The fourth-order valence-corrected chi connectivity index (χ4v) is 5.45. The van der Waals surface area contributed by atoms with E-state index in [2.05, 4.69) is 6.08 Å². The largest absolute Gasteiger partial charge is 0.251 e. The van der Waals surface area contributed by atoms with Crippen LogP contribution in [0.4, 0.5) is 13.2 Å². The van der Waals surface area contributed by atoms with Gasteiger partial charge in [0.05, 0.1) is 6.67 Å². The zero-order valence-electron chi connectivity index (χ0n) is 17.2. The Morgan fingerprint density at radius 2 is 1.57 bits per heavy atom. The summed E-state index contributed by atoms with van der Waals surface area (Å²) >= 11 is 0. The first-order valence-electron chi connectivity index (χ1n) is 11.2. The molecule has 0 spiro atoms. The Bertz CT molecular complexity index is 635. The molecule has 2 saturated carbocycles. The van der Waals surface area contributed by atoms with Crippen molar-refractivity contribution < 1.29 is 13.2 Å². The maximum absolute atomic E-state index is 14.1. The van der Waals surface area contributed by atoms with E-state index in [1.807, 2.05) is 13.0 Å². The van der Waals surface area contributed by atoms with E-state index in [4.69, 9.17) is 0 Å². The van der Waals surface area contributed by atoms with Gasteiger partial charge in [-0.2, -0.15) is 0 Å². The number of halogens is 3. The fraction of sp³-hybridized carbons (Fsp3) is 0.680. The van der Waals surface area contributed by atoms with E-state index in [0.29, 0.717) is 30.2 Å². The van der Waals surface area contributed by atoms with Crippen molar-refractivity contribution in [2.75, 3.05) is 6.67 Å². The summed E-state index contributed by atoms with van der Waals surface area (Å²) in [7, 11) is 0. The lowest BCUT2D eigenvalue weighted by Gasteiger charge is -2.37. The minimum Gasteiger partial charge on any atom is -0.251 e. The molecule has 0 aromatic heterocycles. The molecule has 0 unspecified atom stereocenters. The second-order valence-electron chi connectivity index (χ2n) is 9.06. The first-order valence-corrected chi connectivity index (χ1v) is 11.2. The van der Waals surface area contributed by atoms with Crippen molar-refractivity contribution in [1.29, 1.82) is 0 Å². The molecule has 1 aromatic rings. The van der Waals surface area contributed by atoms with E-state index in [1.165, 1.54) is 57.4 Å². The zero-order chi connectivity index (χ0) is 19.9. The highest BCUT2D eigenvalue weighted by Crippen LogP contribution is 2.42. The van der Waals surface area contributed by atoms with Crippen LogP contribution in [0, 0.1) is 42.2 Å². The highest BCUT2D eigenvalue weighted by molar-refractivity contribution is 5.28. The molecule has 2 fully saturated rings. The van der Waals surface area contributed by atoms with Gasteiger partial charge in [0.15, 0.2) is 11.6 Å². The maximum atomic E-state index is 14.1. The lowest BCUT2D eigenvalue weighted by Crippen LogP contribution is -2.25. The summed E-state index contributed by atoms with van der Waals surface area (Å²) in [6.07, 6.45) is 16.6. The lowest BCUT2D eigenvalue weighted by molar-refractivity contribution is 0.152. The quantitative estimate of drug-likeness (QED) is 0.416. The summed E-state index contributed by atoms with van der Waals surface area (Å²) in [5, 5.41) is 0. The molecule has 156 valence electrons. The van der Waals surface area contributed by atoms with E-state index in [-0.39, 0.29) is 6.67 Å². The Labute approximate surface area is 168 Å². The fourth-order valence-electron chi connectivity index (χ4n) is 5.45. The van der Waals surface area contributed by atoms with Gasteiger partial charge in [-0.05, 0) is 106 Å². The summed E-state index contributed by atoms with van der Waals surface area (Å²) in [4.78, 5) is 0. The first kappa shape index (κ1) is 21.5. The second-order valence-corrected chi connectivity index (χ2v) is 9.06. The number of alkyl halides is 1. The number of allylic oxidation sites excluding steroid dienone is 2. The third-order valence-corrected chi connectivity index (χ3v) is 7.29. The van der Waals surface area contributed by atoms with Crippen molar-refractivity contribution in [1.82, 2.24) is 0 Å². The average molecular weight is 393 g/mol. The molecular formula is C25H35F3. The summed E-state index contributed by atoms with van der Waals surface area (Å²) in [5.41, 5.74) is 1.44. The molecule has 0 bridgehead atoms. The van der Waals surface area contributed by atoms with Crippen molar-refractivity contribution >= 4 is 0 Å². The molecule has 0 aliphatic heterocycles. The van der Waals surface area contributed by atoms with Crippen LogP contribution in [-0.4, -0.2) is 6.67 Å². The van der Waals surface area contributed by atoms with Gasteiger partial charge in [-0.1, -0.05) is 31.1 Å². The van der Waals surface area contributed by atoms with Crippen molar-refractivity contribution in [3.05, 3.63) is 47.0 Å². The minimum absolute atomic E-state index is 0.249. The molecule has 1 aromatic carbocycles. The number of benzene rings is 1. The van der Waals surface area contributed by atoms with Crippen LogP contribution in [0.5, 0.6) is 0 Å². The summed E-state index contributed by atoms with van der Waals surface area (Å²) < 4.78 is 39.8. The van der Waals surface area contributed by atoms with Gasteiger partial charge in [-0.25, -0.2) is 8.78 Å². The maximum Gasteiger partial charge on any atom is 0.162 e. The van der Waals surface area contributed by atoms with Gasteiger partial charge in [0.25, 0.3) is 0 Å². The van der Waals surface area contributed by atoms with Crippen molar-refractivity contribution in [2.24, 2.45) is 23.7 Å². The third kappa shape index (κ3) is 5.64. The molecule has 0 N–H and O–H groups in total. The van der Waals surface area contributed by atoms with Gasteiger partial charge in [-0.3, -0.25) is 4.39 Å². The smallest absolute Gasteiger partial charge is 0.162 e. The first-order chi connectivity index (χ1) is 13.6. The van der Waals surface area contributed by atoms with Gasteiger partial charge in [0.1, 0.15) is 0 Å². The Morgan fingerprint density at radius 3 is 2.21 bits per heavy atom. The van der Waals surface area contributed by atoms with Gasteiger partial charge in [-0.15, -0.1) is 0 Å². The molecule has 0 amide bonds. The summed E-state index contributed by atoms with van der Waals surface area (Å²) in [6.45, 7) is 1.62. The Hall–Kier alpha value is -1.25. The van der Waals surface area contributed by atoms with E-state index in [0.717, 1.165) is 23.8 Å². The van der Waals surface area contributed by atoms with Crippen molar-refractivity contribution in [3.8, 4) is 0 Å². The van der Waals surface area contributed by atoms with Crippen LogP contribution in [-0.2, 0) is 6.42 Å². The Morgan fingerprint density at radius 1 is 0.929 bits per heavy atom. The van der Waals surface area contributed by atoms with Gasteiger partial charge in [0.2, 0.25) is 0 Å². The summed E-state index contributed by atoms with van der Waals surface area (Å²) in [5.74, 6) is 1.64. The van der Waals surface area contributed by atoms with Crippen molar-refractivity contribution in [2.45, 2.75) is 77.6 Å². The minimum atomic E-state index is -0.723. The summed E-state index contributed by atoms with van der Waals surface area (Å²) in [6, 6.07) is 2.92. The van der Waals surface area contributed by atoms with Crippen LogP contribution in [0.25, 0.3) is 0 Å². The third-order valence-electron chi connectivity index (χ3n) is 7.29. The van der Waals surface area contributed by atoms with E-state index >= 15 is 0 Å². The standard InChI is InChI=1S/C25H35F3/c1-18-5-16-24(27)25(28)23(18)15-10-20-8-13-22(14-9-20)21-11-6-19(7-12-21)4-2-3-17-26/h2,4-5,16,19-22H,3,6-15,17H2,1H3/b4-2+/t19-,20?,21-,22?. The van der Waals surface area contributed by atoms with E-state index in [1.54, 1.807) is 6.07 Å². The van der Waals surface area contributed by atoms with Crippen LogP contribution in [0.15, 0.2) is 24.3 Å². The Balaban J connectivity index is 1.40. The zero-order valence-corrected chi connectivity index (χ0v) is 17.2. The van der Waals surface area contributed by atoms with Crippen LogP contribution in [0.1, 0.15) is 75.3 Å². The van der Waals surface area contributed by atoms with Crippen LogP contribution >= 0.6 is 0 Å². The normalized spacial score (nSPS) is 28.7. The molecule has 28 heavy (non-hydrogen) atoms. The van der Waals surface area contributed by atoms with Crippen molar-refractivity contribution in [3.63, 3.8) is 0 Å². The monoisotopic (exact) mass is 392 g/mol. The highest BCUT2D eigenvalue weighted by atomic mass is 19.2. The molecule has 0 atom stereocenters. The number of hydrogen-bond acceptors (Lipinski definition) is 0.